The smallest absolute Gasteiger partial charge is 0.399 e. The number of aromatic nitrogens is 2. The van der Waals surface area contributed by atoms with Gasteiger partial charge in [-0.25, -0.2) is 9.97 Å². The van der Waals surface area contributed by atoms with Gasteiger partial charge in [0.15, 0.2) is 0 Å². The first kappa shape index (κ1) is 14.4. The summed E-state index contributed by atoms with van der Waals surface area (Å²) in [6, 6.07) is 0. The Labute approximate surface area is 114 Å². The van der Waals surface area contributed by atoms with Gasteiger partial charge in [0.1, 0.15) is 5.82 Å². The van der Waals surface area contributed by atoms with Crippen molar-refractivity contribution in [2.45, 2.75) is 51.7 Å². The standard InChI is InChI=1S/C13H21BN2O3/c1-9(8-17)11-15-6-10(7-16-11)14-18-12(2,3)13(4,5)19-14/h6-7,9,17H,8H2,1-5H3. The summed E-state index contributed by atoms with van der Waals surface area (Å²) in [7, 11) is -0.441. The topological polar surface area (TPSA) is 64.5 Å². The first-order valence-electron chi connectivity index (χ1n) is 6.55. The lowest BCUT2D eigenvalue weighted by molar-refractivity contribution is 0.00578. The van der Waals surface area contributed by atoms with Gasteiger partial charge in [-0.2, -0.15) is 0 Å². The van der Waals surface area contributed by atoms with Crippen LogP contribution in [0.2, 0.25) is 0 Å². The Morgan fingerprint density at radius 1 is 1.16 bits per heavy atom. The van der Waals surface area contributed by atoms with E-state index in [9.17, 15) is 0 Å². The van der Waals surface area contributed by atoms with Gasteiger partial charge in [-0.1, -0.05) is 6.92 Å². The van der Waals surface area contributed by atoms with E-state index in [0.717, 1.165) is 5.46 Å². The molecule has 1 aromatic rings. The Morgan fingerprint density at radius 2 is 1.63 bits per heavy atom. The van der Waals surface area contributed by atoms with Gasteiger partial charge < -0.3 is 14.4 Å². The van der Waals surface area contributed by atoms with Crippen LogP contribution in [-0.2, 0) is 9.31 Å². The quantitative estimate of drug-likeness (QED) is 0.821. The molecule has 0 spiro atoms. The summed E-state index contributed by atoms with van der Waals surface area (Å²) in [5.41, 5.74) is 0.0660. The summed E-state index contributed by atoms with van der Waals surface area (Å²) in [5.74, 6) is 0.565. The van der Waals surface area contributed by atoms with Crippen LogP contribution in [0, 0.1) is 0 Å². The van der Waals surface area contributed by atoms with Crippen molar-refractivity contribution in [3.8, 4) is 0 Å². The zero-order chi connectivity index (χ0) is 14.3. The Kier molecular flexibility index (Phi) is 3.68. The molecule has 104 valence electrons. The van der Waals surface area contributed by atoms with Gasteiger partial charge in [-0.15, -0.1) is 0 Å². The summed E-state index contributed by atoms with van der Waals surface area (Å²) in [4.78, 5) is 8.52. The summed E-state index contributed by atoms with van der Waals surface area (Å²) < 4.78 is 11.9. The molecule has 0 aliphatic carbocycles. The average Bonchev–Trinajstić information content (AvgIpc) is 2.58. The highest BCUT2D eigenvalue weighted by Gasteiger charge is 2.51. The fourth-order valence-corrected chi connectivity index (χ4v) is 1.78. The number of hydrogen-bond acceptors (Lipinski definition) is 5. The lowest BCUT2D eigenvalue weighted by Gasteiger charge is -2.32. The third kappa shape index (κ3) is 2.66. The number of hydrogen-bond donors (Lipinski definition) is 1. The molecule has 1 N–H and O–H groups in total. The third-order valence-electron chi connectivity index (χ3n) is 3.93. The summed E-state index contributed by atoms with van der Waals surface area (Å²) in [6.45, 7) is 9.96. The van der Waals surface area contributed by atoms with Crippen molar-refractivity contribution in [2.24, 2.45) is 0 Å². The van der Waals surface area contributed by atoms with Crippen LogP contribution in [0.3, 0.4) is 0 Å². The maximum Gasteiger partial charge on any atom is 0.498 e. The third-order valence-corrected chi connectivity index (χ3v) is 3.93. The van der Waals surface area contributed by atoms with Gasteiger partial charge in [0.25, 0.3) is 0 Å². The molecule has 1 atom stereocenters. The second-order valence-corrected chi connectivity index (χ2v) is 6.05. The maximum absolute atomic E-state index is 9.08. The van der Waals surface area contributed by atoms with Crippen LogP contribution in [0.25, 0.3) is 0 Å². The molecule has 0 aromatic carbocycles. The first-order chi connectivity index (χ1) is 8.77. The molecule has 1 unspecified atom stereocenters. The van der Waals surface area contributed by atoms with Crippen molar-refractivity contribution >= 4 is 12.6 Å². The van der Waals surface area contributed by atoms with E-state index in [1.807, 2.05) is 34.6 Å². The largest absolute Gasteiger partial charge is 0.498 e. The van der Waals surface area contributed by atoms with E-state index in [4.69, 9.17) is 14.4 Å². The van der Waals surface area contributed by atoms with E-state index >= 15 is 0 Å². The van der Waals surface area contributed by atoms with E-state index in [2.05, 4.69) is 9.97 Å². The van der Waals surface area contributed by atoms with E-state index in [1.54, 1.807) is 12.4 Å². The average molecular weight is 264 g/mol. The van der Waals surface area contributed by atoms with Crippen molar-refractivity contribution in [1.82, 2.24) is 9.97 Å². The first-order valence-corrected chi connectivity index (χ1v) is 6.55. The number of rotatable bonds is 3. The van der Waals surface area contributed by atoms with Gasteiger partial charge in [-0.3, -0.25) is 0 Å². The number of aliphatic hydroxyl groups excluding tert-OH is 1. The molecule has 0 bridgehead atoms. The molecule has 0 radical (unpaired) electrons. The van der Waals surface area contributed by atoms with Crippen LogP contribution in [0.15, 0.2) is 12.4 Å². The molecular formula is C13H21BN2O3. The predicted octanol–water partition coefficient (Wildman–Crippen LogP) is 0.872. The van der Waals surface area contributed by atoms with Crippen molar-refractivity contribution in [2.75, 3.05) is 6.61 Å². The second kappa shape index (κ2) is 4.85. The van der Waals surface area contributed by atoms with Gasteiger partial charge in [0, 0.05) is 23.8 Å². The molecule has 1 aromatic heterocycles. The minimum Gasteiger partial charge on any atom is -0.399 e. The predicted molar refractivity (Wildman–Crippen MR) is 73.2 cm³/mol. The Morgan fingerprint density at radius 3 is 2.05 bits per heavy atom. The number of aliphatic hydroxyl groups is 1. The van der Waals surface area contributed by atoms with Crippen LogP contribution < -0.4 is 5.46 Å². The van der Waals surface area contributed by atoms with Crippen LogP contribution >= 0.6 is 0 Å². The zero-order valence-corrected chi connectivity index (χ0v) is 12.2. The number of nitrogens with zero attached hydrogens (tertiary/aromatic N) is 2. The summed E-state index contributed by atoms with van der Waals surface area (Å²) >= 11 is 0. The van der Waals surface area contributed by atoms with Crippen LogP contribution in [0.5, 0.6) is 0 Å². The van der Waals surface area contributed by atoms with Gasteiger partial charge in [-0.05, 0) is 27.7 Å². The van der Waals surface area contributed by atoms with Crippen molar-refractivity contribution in [3.05, 3.63) is 18.2 Å². The molecule has 2 heterocycles. The molecule has 0 saturated carbocycles. The Hall–Kier alpha value is -0.975. The Bertz CT molecular complexity index is 432. The van der Waals surface area contributed by atoms with Gasteiger partial charge in [0.05, 0.1) is 17.8 Å². The highest BCUT2D eigenvalue weighted by molar-refractivity contribution is 6.61. The van der Waals surface area contributed by atoms with Crippen molar-refractivity contribution < 1.29 is 14.4 Å². The molecule has 6 heteroatoms. The monoisotopic (exact) mass is 264 g/mol. The van der Waals surface area contributed by atoms with E-state index in [0.29, 0.717) is 5.82 Å². The lowest BCUT2D eigenvalue weighted by atomic mass is 9.81. The normalized spacial score (nSPS) is 22.5. The fraction of sp³-hybridized carbons (Fsp3) is 0.692. The molecule has 5 nitrogen and oxygen atoms in total. The van der Waals surface area contributed by atoms with Gasteiger partial charge in [0.2, 0.25) is 0 Å². The van der Waals surface area contributed by atoms with E-state index < -0.39 is 7.12 Å². The fourth-order valence-electron chi connectivity index (χ4n) is 1.78. The maximum atomic E-state index is 9.08. The summed E-state index contributed by atoms with van der Waals surface area (Å²) in [6.07, 6.45) is 3.41. The minimum atomic E-state index is -0.441. The van der Waals surface area contributed by atoms with Crippen LogP contribution in [0.4, 0.5) is 0 Å². The zero-order valence-electron chi connectivity index (χ0n) is 12.2. The molecule has 1 aliphatic heterocycles. The van der Waals surface area contributed by atoms with Gasteiger partial charge >= 0.3 is 7.12 Å². The van der Waals surface area contributed by atoms with Crippen LogP contribution in [0.1, 0.15) is 46.4 Å². The highest BCUT2D eigenvalue weighted by atomic mass is 16.7. The molecule has 1 fully saturated rings. The highest BCUT2D eigenvalue weighted by Crippen LogP contribution is 2.36. The minimum absolute atomic E-state index is 0.0375. The molecule has 0 amide bonds. The lowest BCUT2D eigenvalue weighted by Crippen LogP contribution is -2.41. The SMILES string of the molecule is CC(CO)c1ncc(B2OC(C)(C)C(C)(C)O2)cn1. The Balaban J connectivity index is 2.17. The van der Waals surface area contributed by atoms with E-state index in [-0.39, 0.29) is 23.7 Å². The van der Waals surface area contributed by atoms with E-state index in [1.165, 1.54) is 0 Å². The second-order valence-electron chi connectivity index (χ2n) is 6.05. The molecule has 1 saturated heterocycles. The summed E-state index contributed by atoms with van der Waals surface area (Å²) in [5, 5.41) is 9.08. The van der Waals surface area contributed by atoms with Crippen molar-refractivity contribution in [1.29, 1.82) is 0 Å². The molecule has 1 aliphatic rings. The molecular weight excluding hydrogens is 243 g/mol. The van der Waals surface area contributed by atoms with Crippen LogP contribution in [-0.4, -0.2) is 40.0 Å². The van der Waals surface area contributed by atoms with Crippen molar-refractivity contribution in [3.63, 3.8) is 0 Å². The molecule has 2 rings (SSSR count). The molecule has 19 heavy (non-hydrogen) atoms.